The Morgan fingerprint density at radius 3 is 3.22 bits per heavy atom. The molecule has 0 radical (unpaired) electrons. The SMILES string of the molecule is N#CN1CCCC1CNc1nc2ccc(-c3cn[nH]c3)cc2s1. The normalized spacial score (nSPS) is 17.5. The molecule has 3 heterocycles. The second-order valence-electron chi connectivity index (χ2n) is 5.66. The summed E-state index contributed by atoms with van der Waals surface area (Å²) in [4.78, 5) is 6.49. The topological polar surface area (TPSA) is 80.6 Å². The van der Waals surface area contributed by atoms with Crippen LogP contribution in [0.15, 0.2) is 30.6 Å². The highest BCUT2D eigenvalue weighted by atomic mass is 32.1. The van der Waals surface area contributed by atoms with Crippen molar-refractivity contribution in [3.63, 3.8) is 0 Å². The summed E-state index contributed by atoms with van der Waals surface area (Å²) in [5, 5.41) is 20.2. The van der Waals surface area contributed by atoms with Crippen molar-refractivity contribution in [1.82, 2.24) is 20.1 Å². The van der Waals surface area contributed by atoms with Gasteiger partial charge in [-0.1, -0.05) is 17.4 Å². The Morgan fingerprint density at radius 2 is 2.39 bits per heavy atom. The minimum absolute atomic E-state index is 0.286. The van der Waals surface area contributed by atoms with Crippen LogP contribution in [0.5, 0.6) is 0 Å². The summed E-state index contributed by atoms with van der Waals surface area (Å²) in [6.07, 6.45) is 8.13. The molecule has 7 heteroatoms. The Morgan fingerprint density at radius 1 is 1.43 bits per heavy atom. The number of benzene rings is 1. The first-order chi connectivity index (χ1) is 11.3. The fourth-order valence-electron chi connectivity index (χ4n) is 2.97. The zero-order valence-corrected chi connectivity index (χ0v) is 13.3. The van der Waals surface area contributed by atoms with Gasteiger partial charge in [0.1, 0.15) is 0 Å². The largest absolute Gasteiger partial charge is 0.359 e. The molecule has 0 aliphatic carbocycles. The van der Waals surface area contributed by atoms with Gasteiger partial charge in [0, 0.05) is 24.8 Å². The number of nitrogens with zero attached hydrogens (tertiary/aromatic N) is 4. The van der Waals surface area contributed by atoms with Crippen LogP contribution >= 0.6 is 11.3 Å². The van der Waals surface area contributed by atoms with Crippen molar-refractivity contribution in [1.29, 1.82) is 5.26 Å². The molecule has 3 aromatic rings. The number of nitriles is 1. The van der Waals surface area contributed by atoms with E-state index in [1.807, 2.05) is 23.4 Å². The number of aromatic amines is 1. The Kier molecular flexibility index (Phi) is 3.60. The first-order valence-electron chi connectivity index (χ1n) is 7.63. The van der Waals surface area contributed by atoms with Crippen molar-refractivity contribution in [2.75, 3.05) is 18.4 Å². The Hall–Kier alpha value is -2.59. The summed E-state index contributed by atoms with van der Waals surface area (Å²) in [6, 6.07) is 6.52. The molecule has 0 saturated carbocycles. The van der Waals surface area contributed by atoms with Crippen molar-refractivity contribution in [3.05, 3.63) is 30.6 Å². The van der Waals surface area contributed by atoms with Crippen LogP contribution in [-0.4, -0.2) is 39.2 Å². The smallest absolute Gasteiger partial charge is 0.183 e. The van der Waals surface area contributed by atoms with E-state index in [0.29, 0.717) is 0 Å². The van der Waals surface area contributed by atoms with Gasteiger partial charge in [0.2, 0.25) is 0 Å². The van der Waals surface area contributed by atoms with Crippen LogP contribution in [-0.2, 0) is 0 Å². The third-order valence-electron chi connectivity index (χ3n) is 4.21. The van der Waals surface area contributed by atoms with Crippen LogP contribution in [0.1, 0.15) is 12.8 Å². The average molecular weight is 324 g/mol. The van der Waals surface area contributed by atoms with E-state index in [1.165, 1.54) is 0 Å². The second kappa shape index (κ2) is 5.89. The molecular weight excluding hydrogens is 308 g/mol. The fraction of sp³-hybridized carbons (Fsp3) is 0.312. The first-order valence-corrected chi connectivity index (χ1v) is 8.45. The van der Waals surface area contributed by atoms with E-state index in [1.54, 1.807) is 11.3 Å². The van der Waals surface area contributed by atoms with Gasteiger partial charge in [0.25, 0.3) is 0 Å². The number of hydrogen-bond donors (Lipinski definition) is 2. The lowest BCUT2D eigenvalue weighted by Gasteiger charge is -2.18. The summed E-state index contributed by atoms with van der Waals surface area (Å²) in [6.45, 7) is 1.64. The Labute approximate surface area is 137 Å². The number of hydrogen-bond acceptors (Lipinski definition) is 6. The number of H-pyrrole nitrogens is 1. The van der Waals surface area contributed by atoms with Crippen molar-refractivity contribution in [2.24, 2.45) is 0 Å². The van der Waals surface area contributed by atoms with Gasteiger partial charge in [-0.15, -0.1) is 0 Å². The van der Waals surface area contributed by atoms with Crippen LogP contribution in [0.3, 0.4) is 0 Å². The van der Waals surface area contributed by atoms with Crippen LogP contribution in [0.2, 0.25) is 0 Å². The monoisotopic (exact) mass is 324 g/mol. The van der Waals surface area contributed by atoms with Gasteiger partial charge in [-0.25, -0.2) is 4.98 Å². The Bertz CT molecular complexity index is 847. The van der Waals surface area contributed by atoms with E-state index in [4.69, 9.17) is 5.26 Å². The molecule has 4 rings (SSSR count). The van der Waals surface area contributed by atoms with E-state index in [9.17, 15) is 0 Å². The first kappa shape index (κ1) is 14.0. The van der Waals surface area contributed by atoms with E-state index in [-0.39, 0.29) is 6.04 Å². The van der Waals surface area contributed by atoms with Gasteiger partial charge in [0.05, 0.1) is 22.5 Å². The number of anilines is 1. The van der Waals surface area contributed by atoms with Crippen LogP contribution in [0.25, 0.3) is 21.3 Å². The van der Waals surface area contributed by atoms with E-state index in [2.05, 4.69) is 38.8 Å². The molecule has 6 nitrogen and oxygen atoms in total. The van der Waals surface area contributed by atoms with Crippen molar-refractivity contribution >= 4 is 26.7 Å². The zero-order chi connectivity index (χ0) is 15.6. The van der Waals surface area contributed by atoms with Crippen molar-refractivity contribution in [2.45, 2.75) is 18.9 Å². The van der Waals surface area contributed by atoms with E-state index >= 15 is 0 Å². The van der Waals surface area contributed by atoms with Crippen LogP contribution < -0.4 is 5.32 Å². The molecule has 2 N–H and O–H groups in total. The summed E-state index contributed by atoms with van der Waals surface area (Å²) in [5.74, 6) is 0. The zero-order valence-electron chi connectivity index (χ0n) is 12.5. The van der Waals surface area contributed by atoms with Gasteiger partial charge in [-0.3, -0.25) is 5.10 Å². The van der Waals surface area contributed by atoms with Gasteiger partial charge in [-0.2, -0.15) is 10.4 Å². The van der Waals surface area contributed by atoms with Crippen LogP contribution in [0.4, 0.5) is 5.13 Å². The lowest BCUT2D eigenvalue weighted by Crippen LogP contribution is -2.31. The van der Waals surface area contributed by atoms with Gasteiger partial charge >= 0.3 is 0 Å². The summed E-state index contributed by atoms with van der Waals surface area (Å²) >= 11 is 1.65. The third kappa shape index (κ3) is 2.73. The minimum atomic E-state index is 0.286. The summed E-state index contributed by atoms with van der Waals surface area (Å²) in [7, 11) is 0. The molecule has 1 atom stereocenters. The maximum Gasteiger partial charge on any atom is 0.183 e. The van der Waals surface area contributed by atoms with E-state index < -0.39 is 0 Å². The Balaban J connectivity index is 1.51. The molecule has 1 saturated heterocycles. The summed E-state index contributed by atoms with van der Waals surface area (Å²) < 4.78 is 1.15. The molecule has 2 aromatic heterocycles. The predicted molar refractivity (Wildman–Crippen MR) is 91.0 cm³/mol. The number of aromatic nitrogens is 3. The quantitative estimate of drug-likeness (QED) is 0.721. The molecule has 1 aromatic carbocycles. The van der Waals surface area contributed by atoms with Gasteiger partial charge in [0.15, 0.2) is 11.3 Å². The standard InChI is InChI=1S/C16H16N6S/c17-10-22-5-1-2-13(22)9-18-16-21-14-4-3-11(6-15(14)23-16)12-7-19-20-8-12/h3-4,6-8,13H,1-2,5,9H2,(H,18,21)(H,19,20). The number of fused-ring (bicyclic) bond motifs is 1. The highest BCUT2D eigenvalue weighted by molar-refractivity contribution is 7.22. The average Bonchev–Trinajstić information content (AvgIpc) is 3.30. The molecule has 0 spiro atoms. The van der Waals surface area contributed by atoms with Crippen molar-refractivity contribution < 1.29 is 0 Å². The predicted octanol–water partition coefficient (Wildman–Crippen LogP) is 3.04. The molecule has 0 amide bonds. The lowest BCUT2D eigenvalue weighted by atomic mass is 10.1. The molecule has 1 fully saturated rings. The van der Waals surface area contributed by atoms with Gasteiger partial charge < -0.3 is 10.2 Å². The lowest BCUT2D eigenvalue weighted by molar-refractivity contribution is 0.377. The maximum atomic E-state index is 9.10. The highest BCUT2D eigenvalue weighted by Gasteiger charge is 2.23. The molecule has 0 bridgehead atoms. The number of rotatable bonds is 4. The molecule has 1 aliphatic rings. The second-order valence-corrected chi connectivity index (χ2v) is 6.69. The third-order valence-corrected chi connectivity index (χ3v) is 5.19. The minimum Gasteiger partial charge on any atom is -0.359 e. The molecule has 1 unspecified atom stereocenters. The van der Waals surface area contributed by atoms with Crippen molar-refractivity contribution in [3.8, 4) is 17.3 Å². The molecular formula is C16H16N6S. The number of nitrogens with one attached hydrogen (secondary N) is 2. The summed E-state index contributed by atoms with van der Waals surface area (Å²) in [5.41, 5.74) is 3.20. The van der Waals surface area contributed by atoms with E-state index in [0.717, 1.165) is 52.4 Å². The van der Waals surface area contributed by atoms with Crippen LogP contribution in [0, 0.1) is 11.5 Å². The molecule has 1 aliphatic heterocycles. The molecule has 116 valence electrons. The maximum absolute atomic E-state index is 9.10. The highest BCUT2D eigenvalue weighted by Crippen LogP contribution is 2.30. The number of likely N-dealkylation sites (tertiary alicyclic amines) is 1. The van der Waals surface area contributed by atoms with Gasteiger partial charge in [-0.05, 0) is 30.5 Å². The fourth-order valence-corrected chi connectivity index (χ4v) is 3.89. The molecule has 23 heavy (non-hydrogen) atoms. The number of thiazole rings is 1.